The number of nitrogens with zero attached hydrogens (tertiary/aromatic N) is 1. The van der Waals surface area contributed by atoms with Gasteiger partial charge in [-0.2, -0.15) is 0 Å². The van der Waals surface area contributed by atoms with Crippen LogP contribution in [0.25, 0.3) is 0 Å². The minimum Gasteiger partial charge on any atom is -0.376 e. The summed E-state index contributed by atoms with van der Waals surface area (Å²) in [7, 11) is 0. The number of ether oxygens (including phenoxy) is 1. The van der Waals surface area contributed by atoms with E-state index in [4.69, 9.17) is 4.74 Å². The summed E-state index contributed by atoms with van der Waals surface area (Å²) in [6, 6.07) is -0.292. The summed E-state index contributed by atoms with van der Waals surface area (Å²) in [5.41, 5.74) is 0. The molecule has 2 aliphatic rings. The first kappa shape index (κ1) is 12.4. The van der Waals surface area contributed by atoms with E-state index in [1.54, 1.807) is 0 Å². The SMILES string of the molecule is O=C1CNC(=O)N1CCOC1CCCCCC1. The Morgan fingerprint density at radius 1 is 1.18 bits per heavy atom. The molecule has 5 heteroatoms. The highest BCUT2D eigenvalue weighted by Gasteiger charge is 2.28. The molecule has 0 bridgehead atoms. The van der Waals surface area contributed by atoms with Crippen LogP contribution in [0.15, 0.2) is 0 Å². The third-order valence-corrected chi connectivity index (χ3v) is 3.41. The van der Waals surface area contributed by atoms with Gasteiger partial charge < -0.3 is 10.1 Å². The average molecular weight is 240 g/mol. The number of carbonyl (C=O) groups is 2. The molecule has 5 nitrogen and oxygen atoms in total. The highest BCUT2D eigenvalue weighted by Crippen LogP contribution is 2.19. The molecule has 0 unspecified atom stereocenters. The number of imide groups is 1. The van der Waals surface area contributed by atoms with Crippen molar-refractivity contribution in [3.63, 3.8) is 0 Å². The maximum absolute atomic E-state index is 11.3. The normalized spacial score (nSPS) is 22.7. The molecule has 0 radical (unpaired) electrons. The van der Waals surface area contributed by atoms with Crippen molar-refractivity contribution in [2.24, 2.45) is 0 Å². The summed E-state index contributed by atoms with van der Waals surface area (Å²) >= 11 is 0. The number of amides is 3. The number of carbonyl (C=O) groups excluding carboxylic acids is 2. The molecule has 3 amide bonds. The van der Waals surface area contributed by atoms with Gasteiger partial charge in [-0.1, -0.05) is 25.7 Å². The number of hydrogen-bond acceptors (Lipinski definition) is 3. The Labute approximate surface area is 101 Å². The Morgan fingerprint density at radius 2 is 1.88 bits per heavy atom. The lowest BCUT2D eigenvalue weighted by Gasteiger charge is -2.17. The molecule has 1 saturated heterocycles. The van der Waals surface area contributed by atoms with E-state index in [1.165, 1.54) is 30.6 Å². The Bertz CT molecular complexity index is 269. The van der Waals surface area contributed by atoms with Gasteiger partial charge in [-0.3, -0.25) is 9.69 Å². The number of rotatable bonds is 4. The van der Waals surface area contributed by atoms with Crippen molar-refractivity contribution in [1.29, 1.82) is 0 Å². The van der Waals surface area contributed by atoms with Crippen LogP contribution >= 0.6 is 0 Å². The van der Waals surface area contributed by atoms with E-state index >= 15 is 0 Å². The molecular formula is C12H20N2O3. The second-order valence-corrected chi connectivity index (χ2v) is 4.69. The molecule has 1 N–H and O–H groups in total. The van der Waals surface area contributed by atoms with Crippen LogP contribution in [0.1, 0.15) is 38.5 Å². The van der Waals surface area contributed by atoms with Gasteiger partial charge in [0, 0.05) is 0 Å². The Morgan fingerprint density at radius 3 is 2.47 bits per heavy atom. The first-order chi connectivity index (χ1) is 8.27. The van der Waals surface area contributed by atoms with Gasteiger partial charge in [0.25, 0.3) is 0 Å². The fraction of sp³-hybridized carbons (Fsp3) is 0.833. The molecule has 96 valence electrons. The fourth-order valence-corrected chi connectivity index (χ4v) is 2.40. The predicted molar refractivity (Wildman–Crippen MR) is 62.6 cm³/mol. The van der Waals surface area contributed by atoms with E-state index in [-0.39, 0.29) is 18.5 Å². The summed E-state index contributed by atoms with van der Waals surface area (Å²) < 4.78 is 5.75. The van der Waals surface area contributed by atoms with Crippen molar-refractivity contribution in [3.05, 3.63) is 0 Å². The van der Waals surface area contributed by atoms with Gasteiger partial charge >= 0.3 is 6.03 Å². The summed E-state index contributed by atoms with van der Waals surface area (Å²) in [4.78, 5) is 23.8. The largest absolute Gasteiger partial charge is 0.376 e. The van der Waals surface area contributed by atoms with Crippen LogP contribution in [-0.2, 0) is 9.53 Å². The number of urea groups is 1. The highest BCUT2D eigenvalue weighted by molar-refractivity contribution is 6.01. The summed E-state index contributed by atoms with van der Waals surface area (Å²) in [6.45, 7) is 0.966. The van der Waals surface area contributed by atoms with E-state index in [0.29, 0.717) is 19.3 Å². The Kier molecular flexibility index (Phi) is 4.36. The van der Waals surface area contributed by atoms with E-state index in [9.17, 15) is 9.59 Å². The van der Waals surface area contributed by atoms with Crippen molar-refractivity contribution in [3.8, 4) is 0 Å². The van der Waals surface area contributed by atoms with Crippen molar-refractivity contribution < 1.29 is 14.3 Å². The number of hydrogen-bond donors (Lipinski definition) is 1. The molecular weight excluding hydrogens is 220 g/mol. The maximum atomic E-state index is 11.3. The van der Waals surface area contributed by atoms with E-state index < -0.39 is 0 Å². The average Bonchev–Trinajstić information content (AvgIpc) is 2.57. The quantitative estimate of drug-likeness (QED) is 0.595. The molecule has 2 rings (SSSR count). The standard InChI is InChI=1S/C12H20N2O3/c15-11-9-13-12(16)14(11)7-8-17-10-5-3-1-2-4-6-10/h10H,1-9H2,(H,13,16). The van der Waals surface area contributed by atoms with Crippen LogP contribution in [0, 0.1) is 0 Å². The maximum Gasteiger partial charge on any atom is 0.324 e. The second-order valence-electron chi connectivity index (χ2n) is 4.69. The highest BCUT2D eigenvalue weighted by atomic mass is 16.5. The molecule has 2 fully saturated rings. The zero-order chi connectivity index (χ0) is 12.1. The fourth-order valence-electron chi connectivity index (χ4n) is 2.40. The molecule has 1 aliphatic carbocycles. The van der Waals surface area contributed by atoms with Gasteiger partial charge in [-0.05, 0) is 12.8 Å². The van der Waals surface area contributed by atoms with Crippen LogP contribution < -0.4 is 5.32 Å². The molecule has 0 aromatic carbocycles. The first-order valence-corrected chi connectivity index (χ1v) is 6.47. The Hall–Kier alpha value is -1.10. The second kappa shape index (κ2) is 6.00. The number of nitrogens with one attached hydrogen (secondary N) is 1. The van der Waals surface area contributed by atoms with Crippen molar-refractivity contribution in [1.82, 2.24) is 10.2 Å². The monoisotopic (exact) mass is 240 g/mol. The lowest BCUT2D eigenvalue weighted by Crippen LogP contribution is -2.34. The lowest BCUT2D eigenvalue weighted by molar-refractivity contribution is -0.125. The molecule has 0 atom stereocenters. The van der Waals surface area contributed by atoms with Crippen molar-refractivity contribution >= 4 is 11.9 Å². The van der Waals surface area contributed by atoms with Crippen LogP contribution in [0.2, 0.25) is 0 Å². The van der Waals surface area contributed by atoms with Crippen LogP contribution in [0.3, 0.4) is 0 Å². The smallest absolute Gasteiger partial charge is 0.324 e. The molecule has 0 aromatic rings. The Balaban J connectivity index is 1.68. The summed E-state index contributed by atoms with van der Waals surface area (Å²) in [5, 5.41) is 2.50. The lowest BCUT2D eigenvalue weighted by atomic mass is 10.1. The molecule has 1 aliphatic heterocycles. The summed E-state index contributed by atoms with van der Waals surface area (Å²) in [6.07, 6.45) is 7.60. The third-order valence-electron chi connectivity index (χ3n) is 3.41. The minimum absolute atomic E-state index is 0.127. The van der Waals surface area contributed by atoms with Crippen molar-refractivity contribution in [2.75, 3.05) is 19.7 Å². The third kappa shape index (κ3) is 3.43. The van der Waals surface area contributed by atoms with Gasteiger partial charge in [0.05, 0.1) is 25.8 Å². The van der Waals surface area contributed by atoms with Gasteiger partial charge in [-0.15, -0.1) is 0 Å². The van der Waals surface area contributed by atoms with Gasteiger partial charge in [-0.25, -0.2) is 4.79 Å². The summed E-state index contributed by atoms with van der Waals surface area (Å²) in [5.74, 6) is -0.153. The first-order valence-electron chi connectivity index (χ1n) is 6.47. The molecule has 1 saturated carbocycles. The topological polar surface area (TPSA) is 58.6 Å². The van der Waals surface area contributed by atoms with Gasteiger partial charge in [0.2, 0.25) is 5.91 Å². The zero-order valence-electron chi connectivity index (χ0n) is 10.1. The molecule has 17 heavy (non-hydrogen) atoms. The van der Waals surface area contributed by atoms with Gasteiger partial charge in [0.15, 0.2) is 0 Å². The van der Waals surface area contributed by atoms with E-state index in [1.807, 2.05) is 0 Å². The predicted octanol–water partition coefficient (Wildman–Crippen LogP) is 1.28. The zero-order valence-corrected chi connectivity index (χ0v) is 10.1. The van der Waals surface area contributed by atoms with Crippen LogP contribution in [0.4, 0.5) is 4.79 Å². The van der Waals surface area contributed by atoms with Crippen LogP contribution in [-0.4, -0.2) is 42.6 Å². The minimum atomic E-state index is -0.292. The van der Waals surface area contributed by atoms with Crippen LogP contribution in [0.5, 0.6) is 0 Å². The van der Waals surface area contributed by atoms with E-state index in [2.05, 4.69) is 5.32 Å². The molecule has 0 spiro atoms. The van der Waals surface area contributed by atoms with Crippen molar-refractivity contribution in [2.45, 2.75) is 44.6 Å². The van der Waals surface area contributed by atoms with E-state index in [0.717, 1.165) is 12.8 Å². The molecule has 0 aromatic heterocycles. The molecule has 1 heterocycles. The van der Waals surface area contributed by atoms with Gasteiger partial charge in [0.1, 0.15) is 0 Å².